The molecule has 3 rings (SSSR count). The van der Waals surface area contributed by atoms with Gasteiger partial charge in [-0.05, 0) is 43.3 Å². The monoisotopic (exact) mass is 390 g/mol. The zero-order chi connectivity index (χ0) is 18.7. The second-order valence-corrected chi connectivity index (χ2v) is 6.86. The van der Waals surface area contributed by atoms with Gasteiger partial charge in [0.2, 0.25) is 0 Å². The third-order valence-corrected chi connectivity index (χ3v) is 4.69. The highest BCUT2D eigenvalue weighted by molar-refractivity contribution is 7.22. The third-order valence-electron chi connectivity index (χ3n) is 3.53. The van der Waals surface area contributed by atoms with Crippen molar-refractivity contribution in [3.63, 3.8) is 0 Å². The van der Waals surface area contributed by atoms with E-state index in [-0.39, 0.29) is 18.3 Å². The standard InChI is InChI=1S/C18H15ClN2O4S/c1-10(22)11-3-6-14(15(7-11)24-2)25-9-17(23)21-18-20-13-5-4-12(19)8-16(13)26-18/h3-8H,9H2,1-2H3,(H,20,21,23). The molecule has 3 aromatic rings. The molecule has 2 aromatic carbocycles. The van der Waals surface area contributed by atoms with Crippen molar-refractivity contribution < 1.29 is 19.1 Å². The molecule has 1 aromatic heterocycles. The minimum Gasteiger partial charge on any atom is -0.493 e. The van der Waals surface area contributed by atoms with Gasteiger partial charge in [0.15, 0.2) is 29.0 Å². The van der Waals surface area contributed by atoms with E-state index in [1.165, 1.54) is 25.4 Å². The summed E-state index contributed by atoms with van der Waals surface area (Å²) in [4.78, 5) is 27.9. The number of carbonyl (C=O) groups excluding carboxylic acids is 2. The molecule has 134 valence electrons. The number of thiazole rings is 1. The number of fused-ring (bicyclic) bond motifs is 1. The lowest BCUT2D eigenvalue weighted by Gasteiger charge is -2.11. The molecule has 1 N–H and O–H groups in total. The molecule has 0 radical (unpaired) electrons. The second kappa shape index (κ2) is 7.72. The number of Topliss-reactive ketones (excluding diaryl/α,β-unsaturated/α-hetero) is 1. The number of carbonyl (C=O) groups is 2. The Morgan fingerprint density at radius 1 is 1.19 bits per heavy atom. The number of benzene rings is 2. The number of aromatic nitrogens is 1. The highest BCUT2D eigenvalue weighted by atomic mass is 35.5. The Morgan fingerprint density at radius 2 is 2.00 bits per heavy atom. The summed E-state index contributed by atoms with van der Waals surface area (Å²) >= 11 is 7.28. The fourth-order valence-electron chi connectivity index (χ4n) is 2.26. The number of hydrogen-bond acceptors (Lipinski definition) is 6. The molecular weight excluding hydrogens is 376 g/mol. The van der Waals surface area contributed by atoms with E-state index in [1.807, 2.05) is 0 Å². The van der Waals surface area contributed by atoms with Crippen molar-refractivity contribution >= 4 is 50.0 Å². The number of ketones is 1. The van der Waals surface area contributed by atoms with E-state index in [2.05, 4.69) is 10.3 Å². The van der Waals surface area contributed by atoms with Crippen LogP contribution in [0.5, 0.6) is 11.5 Å². The van der Waals surface area contributed by atoms with Crippen LogP contribution in [0.4, 0.5) is 5.13 Å². The topological polar surface area (TPSA) is 77.5 Å². The molecule has 0 aliphatic heterocycles. The number of rotatable bonds is 6. The lowest BCUT2D eigenvalue weighted by atomic mass is 10.1. The zero-order valence-electron chi connectivity index (χ0n) is 14.0. The quantitative estimate of drug-likeness (QED) is 0.639. The number of hydrogen-bond donors (Lipinski definition) is 1. The molecule has 6 nitrogen and oxygen atoms in total. The van der Waals surface area contributed by atoms with Crippen molar-refractivity contribution in [2.24, 2.45) is 0 Å². The Labute approximate surface area is 158 Å². The summed E-state index contributed by atoms with van der Waals surface area (Å²) in [6.07, 6.45) is 0. The normalized spacial score (nSPS) is 10.6. The second-order valence-electron chi connectivity index (χ2n) is 5.39. The molecule has 0 bridgehead atoms. The number of amides is 1. The van der Waals surface area contributed by atoms with Crippen molar-refractivity contribution in [2.45, 2.75) is 6.92 Å². The molecule has 26 heavy (non-hydrogen) atoms. The van der Waals surface area contributed by atoms with E-state index < -0.39 is 0 Å². The van der Waals surface area contributed by atoms with Crippen LogP contribution < -0.4 is 14.8 Å². The fourth-order valence-corrected chi connectivity index (χ4v) is 3.41. The molecule has 0 saturated carbocycles. The Balaban J connectivity index is 1.65. The van der Waals surface area contributed by atoms with E-state index in [1.54, 1.807) is 36.4 Å². The van der Waals surface area contributed by atoms with Gasteiger partial charge in [0.25, 0.3) is 5.91 Å². The maximum Gasteiger partial charge on any atom is 0.264 e. The zero-order valence-corrected chi connectivity index (χ0v) is 15.6. The Hall–Kier alpha value is -2.64. The van der Waals surface area contributed by atoms with E-state index in [0.717, 1.165) is 10.2 Å². The summed E-state index contributed by atoms with van der Waals surface area (Å²) in [5.41, 5.74) is 1.27. The highest BCUT2D eigenvalue weighted by Gasteiger charge is 2.12. The predicted octanol–water partition coefficient (Wildman–Crippen LogP) is 4.18. The molecule has 8 heteroatoms. The summed E-state index contributed by atoms with van der Waals surface area (Å²) in [6, 6.07) is 10.1. The van der Waals surface area contributed by atoms with Crippen LogP contribution in [0.3, 0.4) is 0 Å². The van der Waals surface area contributed by atoms with Crippen LogP contribution in [-0.4, -0.2) is 30.4 Å². The third kappa shape index (κ3) is 4.12. The van der Waals surface area contributed by atoms with Gasteiger partial charge in [0.05, 0.1) is 17.3 Å². The lowest BCUT2D eigenvalue weighted by Crippen LogP contribution is -2.20. The van der Waals surface area contributed by atoms with Gasteiger partial charge in [-0.1, -0.05) is 22.9 Å². The summed E-state index contributed by atoms with van der Waals surface area (Å²) in [6.45, 7) is 1.25. The number of nitrogens with one attached hydrogen (secondary N) is 1. The first kappa shape index (κ1) is 18.2. The first-order valence-corrected chi connectivity index (χ1v) is 8.83. The smallest absolute Gasteiger partial charge is 0.264 e. The highest BCUT2D eigenvalue weighted by Crippen LogP contribution is 2.29. The van der Waals surface area contributed by atoms with Gasteiger partial charge in [-0.3, -0.25) is 14.9 Å². The first-order chi connectivity index (χ1) is 12.5. The van der Waals surface area contributed by atoms with E-state index in [0.29, 0.717) is 27.2 Å². The number of ether oxygens (including phenoxy) is 2. The predicted molar refractivity (Wildman–Crippen MR) is 102 cm³/mol. The minimum atomic E-state index is -0.354. The number of halogens is 1. The van der Waals surface area contributed by atoms with Crippen molar-refractivity contribution in [1.29, 1.82) is 0 Å². The first-order valence-electron chi connectivity index (χ1n) is 7.64. The van der Waals surface area contributed by atoms with Gasteiger partial charge in [0.1, 0.15) is 0 Å². The van der Waals surface area contributed by atoms with Gasteiger partial charge in [-0.15, -0.1) is 0 Å². The van der Waals surface area contributed by atoms with Gasteiger partial charge >= 0.3 is 0 Å². The summed E-state index contributed by atoms with van der Waals surface area (Å²) in [5, 5.41) is 3.78. The van der Waals surface area contributed by atoms with E-state index in [4.69, 9.17) is 21.1 Å². The van der Waals surface area contributed by atoms with Gasteiger partial charge in [-0.2, -0.15) is 0 Å². The van der Waals surface area contributed by atoms with Gasteiger partial charge in [0, 0.05) is 10.6 Å². The summed E-state index contributed by atoms with van der Waals surface area (Å²) < 4.78 is 11.6. The molecule has 0 aliphatic carbocycles. The Bertz CT molecular complexity index is 986. The van der Waals surface area contributed by atoms with Crippen molar-refractivity contribution in [1.82, 2.24) is 4.98 Å². The molecule has 0 saturated heterocycles. The number of nitrogens with zero attached hydrogens (tertiary/aromatic N) is 1. The van der Waals surface area contributed by atoms with Crippen LogP contribution in [-0.2, 0) is 4.79 Å². The molecular formula is C18H15ClN2O4S. The van der Waals surface area contributed by atoms with E-state index in [9.17, 15) is 9.59 Å². The van der Waals surface area contributed by atoms with Crippen molar-refractivity contribution in [2.75, 3.05) is 19.0 Å². The van der Waals surface area contributed by atoms with Gasteiger partial charge in [-0.25, -0.2) is 4.98 Å². The van der Waals surface area contributed by atoms with Crippen molar-refractivity contribution in [3.05, 3.63) is 47.0 Å². The molecule has 1 amide bonds. The van der Waals surface area contributed by atoms with Gasteiger partial charge < -0.3 is 9.47 Å². The van der Waals surface area contributed by atoms with Crippen LogP contribution in [0.15, 0.2) is 36.4 Å². The Morgan fingerprint density at radius 3 is 2.73 bits per heavy atom. The van der Waals surface area contributed by atoms with Crippen LogP contribution in [0, 0.1) is 0 Å². The maximum absolute atomic E-state index is 12.1. The van der Waals surface area contributed by atoms with Crippen LogP contribution in [0.25, 0.3) is 10.2 Å². The van der Waals surface area contributed by atoms with Crippen LogP contribution in [0.2, 0.25) is 5.02 Å². The minimum absolute atomic E-state index is 0.0801. The summed E-state index contributed by atoms with van der Waals surface area (Å²) in [7, 11) is 1.47. The average molecular weight is 391 g/mol. The molecule has 0 fully saturated rings. The fraction of sp³-hybridized carbons (Fsp3) is 0.167. The number of methoxy groups -OCH3 is 1. The number of anilines is 1. The SMILES string of the molecule is COc1cc(C(C)=O)ccc1OCC(=O)Nc1nc2ccc(Cl)cc2s1. The Kier molecular flexibility index (Phi) is 5.39. The molecule has 1 heterocycles. The van der Waals surface area contributed by atoms with Crippen LogP contribution >= 0.6 is 22.9 Å². The molecule has 0 aliphatic rings. The average Bonchev–Trinajstić information content (AvgIpc) is 3.00. The van der Waals surface area contributed by atoms with Crippen molar-refractivity contribution in [3.8, 4) is 11.5 Å². The molecule has 0 unspecified atom stereocenters. The summed E-state index contributed by atoms with van der Waals surface area (Å²) in [5.74, 6) is 0.334. The van der Waals surface area contributed by atoms with Crippen LogP contribution in [0.1, 0.15) is 17.3 Å². The largest absolute Gasteiger partial charge is 0.493 e. The molecule has 0 spiro atoms. The molecule has 0 atom stereocenters. The lowest BCUT2D eigenvalue weighted by molar-refractivity contribution is -0.118. The van der Waals surface area contributed by atoms with E-state index >= 15 is 0 Å². The maximum atomic E-state index is 12.1.